The normalized spacial score (nSPS) is 23.4. The second kappa shape index (κ2) is 4.21. The fourth-order valence-electron chi connectivity index (χ4n) is 2.34. The number of rotatable bonds is 2. The standard InChI is InChI=1S/C14H17N3O/c1-10-4-6-11(7-5-10)12-16-13(18-17-12)14(2)8-3-9-15-14/h4-7,15H,3,8-9H2,1-2H3. The van der Waals surface area contributed by atoms with Crippen LogP contribution in [-0.4, -0.2) is 16.7 Å². The lowest BCUT2D eigenvalue weighted by Crippen LogP contribution is -2.33. The van der Waals surface area contributed by atoms with Gasteiger partial charge in [0, 0.05) is 5.56 Å². The SMILES string of the molecule is Cc1ccc(-c2noc(C3(C)CCCN3)n2)cc1. The van der Waals surface area contributed by atoms with Crippen LogP contribution in [-0.2, 0) is 5.54 Å². The van der Waals surface area contributed by atoms with Crippen LogP contribution in [0.5, 0.6) is 0 Å². The lowest BCUT2D eigenvalue weighted by molar-refractivity contribution is 0.275. The van der Waals surface area contributed by atoms with Gasteiger partial charge < -0.3 is 9.84 Å². The predicted molar refractivity (Wildman–Crippen MR) is 69.1 cm³/mol. The van der Waals surface area contributed by atoms with E-state index in [9.17, 15) is 0 Å². The van der Waals surface area contributed by atoms with Crippen LogP contribution in [0.1, 0.15) is 31.2 Å². The van der Waals surface area contributed by atoms with Crippen LogP contribution >= 0.6 is 0 Å². The molecule has 0 spiro atoms. The van der Waals surface area contributed by atoms with E-state index in [1.165, 1.54) is 5.56 Å². The molecule has 2 aromatic rings. The van der Waals surface area contributed by atoms with Gasteiger partial charge >= 0.3 is 0 Å². The number of nitrogens with zero attached hydrogens (tertiary/aromatic N) is 2. The molecule has 0 bridgehead atoms. The Hall–Kier alpha value is -1.68. The molecule has 1 aromatic heterocycles. The first-order valence-corrected chi connectivity index (χ1v) is 6.34. The van der Waals surface area contributed by atoms with Gasteiger partial charge in [-0.25, -0.2) is 0 Å². The molecule has 18 heavy (non-hydrogen) atoms. The number of aromatic nitrogens is 2. The number of hydrogen-bond acceptors (Lipinski definition) is 4. The van der Waals surface area contributed by atoms with Gasteiger partial charge in [0.25, 0.3) is 0 Å². The minimum absolute atomic E-state index is 0.157. The molecule has 94 valence electrons. The molecule has 1 fully saturated rings. The lowest BCUT2D eigenvalue weighted by atomic mass is 10.0. The molecular formula is C14H17N3O. The molecule has 2 heterocycles. The largest absolute Gasteiger partial charge is 0.337 e. The van der Waals surface area contributed by atoms with Gasteiger partial charge in [0.15, 0.2) is 0 Å². The summed E-state index contributed by atoms with van der Waals surface area (Å²) in [6, 6.07) is 8.16. The monoisotopic (exact) mass is 243 g/mol. The highest BCUT2D eigenvalue weighted by Crippen LogP contribution is 2.30. The van der Waals surface area contributed by atoms with E-state index in [1.54, 1.807) is 0 Å². The Morgan fingerprint density at radius 1 is 1.28 bits per heavy atom. The van der Waals surface area contributed by atoms with E-state index < -0.39 is 0 Å². The van der Waals surface area contributed by atoms with Crippen molar-refractivity contribution in [3.8, 4) is 11.4 Å². The quantitative estimate of drug-likeness (QED) is 0.881. The van der Waals surface area contributed by atoms with Gasteiger partial charge in [-0.15, -0.1) is 0 Å². The summed E-state index contributed by atoms with van der Waals surface area (Å²) in [4.78, 5) is 4.52. The van der Waals surface area contributed by atoms with Crippen molar-refractivity contribution in [1.29, 1.82) is 0 Å². The molecule has 4 heteroatoms. The highest BCUT2D eigenvalue weighted by molar-refractivity contribution is 5.54. The Morgan fingerprint density at radius 2 is 2.06 bits per heavy atom. The zero-order valence-electron chi connectivity index (χ0n) is 10.7. The Morgan fingerprint density at radius 3 is 2.72 bits per heavy atom. The smallest absolute Gasteiger partial charge is 0.246 e. The molecular weight excluding hydrogens is 226 g/mol. The number of hydrogen-bond donors (Lipinski definition) is 1. The summed E-state index contributed by atoms with van der Waals surface area (Å²) in [6.07, 6.45) is 2.20. The maximum atomic E-state index is 5.41. The molecule has 1 N–H and O–H groups in total. The Balaban J connectivity index is 1.91. The van der Waals surface area contributed by atoms with Gasteiger partial charge in [-0.05, 0) is 33.2 Å². The first kappa shape index (κ1) is 11.4. The van der Waals surface area contributed by atoms with Crippen molar-refractivity contribution in [1.82, 2.24) is 15.5 Å². The fraction of sp³-hybridized carbons (Fsp3) is 0.429. The van der Waals surface area contributed by atoms with Gasteiger partial charge in [0.1, 0.15) is 0 Å². The van der Waals surface area contributed by atoms with E-state index >= 15 is 0 Å². The van der Waals surface area contributed by atoms with Gasteiger partial charge in [-0.1, -0.05) is 35.0 Å². The maximum Gasteiger partial charge on any atom is 0.246 e. The Labute approximate surface area is 106 Å². The van der Waals surface area contributed by atoms with E-state index in [4.69, 9.17) is 4.52 Å². The van der Waals surface area contributed by atoms with Crippen LogP contribution in [0.4, 0.5) is 0 Å². The maximum absolute atomic E-state index is 5.41. The third-order valence-electron chi connectivity index (χ3n) is 3.58. The predicted octanol–water partition coefficient (Wildman–Crippen LogP) is 2.64. The summed E-state index contributed by atoms with van der Waals surface area (Å²) in [5.41, 5.74) is 2.07. The molecule has 0 aliphatic carbocycles. The fourth-order valence-corrected chi connectivity index (χ4v) is 2.34. The first-order chi connectivity index (χ1) is 8.67. The van der Waals surface area contributed by atoms with Gasteiger partial charge in [-0.2, -0.15) is 4.98 Å². The summed E-state index contributed by atoms with van der Waals surface area (Å²) >= 11 is 0. The Bertz CT molecular complexity index is 538. The van der Waals surface area contributed by atoms with Crippen molar-refractivity contribution < 1.29 is 4.52 Å². The van der Waals surface area contributed by atoms with Crippen LogP contribution < -0.4 is 5.32 Å². The summed E-state index contributed by atoms with van der Waals surface area (Å²) in [5.74, 6) is 1.36. The molecule has 1 aliphatic rings. The molecule has 0 saturated carbocycles. The van der Waals surface area contributed by atoms with E-state index in [0.29, 0.717) is 11.7 Å². The highest BCUT2D eigenvalue weighted by atomic mass is 16.5. The van der Waals surface area contributed by atoms with Crippen LogP contribution in [0.3, 0.4) is 0 Å². The van der Waals surface area contributed by atoms with Crippen molar-refractivity contribution in [2.75, 3.05) is 6.54 Å². The molecule has 1 aromatic carbocycles. The van der Waals surface area contributed by atoms with E-state index in [1.807, 2.05) is 12.1 Å². The van der Waals surface area contributed by atoms with Gasteiger partial charge in [0.05, 0.1) is 5.54 Å². The first-order valence-electron chi connectivity index (χ1n) is 6.34. The van der Waals surface area contributed by atoms with Gasteiger partial charge in [-0.3, -0.25) is 0 Å². The van der Waals surface area contributed by atoms with E-state index in [0.717, 1.165) is 24.9 Å². The molecule has 1 atom stereocenters. The molecule has 0 radical (unpaired) electrons. The lowest BCUT2D eigenvalue weighted by Gasteiger charge is -2.18. The molecule has 1 unspecified atom stereocenters. The topological polar surface area (TPSA) is 51.0 Å². The summed E-state index contributed by atoms with van der Waals surface area (Å²) < 4.78 is 5.41. The molecule has 3 rings (SSSR count). The number of benzene rings is 1. The minimum Gasteiger partial charge on any atom is -0.337 e. The molecule has 4 nitrogen and oxygen atoms in total. The van der Waals surface area contributed by atoms with Crippen molar-refractivity contribution in [2.24, 2.45) is 0 Å². The van der Waals surface area contributed by atoms with E-state index in [-0.39, 0.29) is 5.54 Å². The van der Waals surface area contributed by atoms with E-state index in [2.05, 4.69) is 41.4 Å². The van der Waals surface area contributed by atoms with Crippen LogP contribution in [0.25, 0.3) is 11.4 Å². The van der Waals surface area contributed by atoms with Crippen molar-refractivity contribution in [2.45, 2.75) is 32.2 Å². The third kappa shape index (κ3) is 1.93. The highest BCUT2D eigenvalue weighted by Gasteiger charge is 2.35. The molecule has 1 aliphatic heterocycles. The summed E-state index contributed by atoms with van der Waals surface area (Å²) in [5, 5.41) is 7.51. The van der Waals surface area contributed by atoms with Crippen LogP contribution in [0.15, 0.2) is 28.8 Å². The Kier molecular flexibility index (Phi) is 2.67. The molecule has 1 saturated heterocycles. The van der Waals surface area contributed by atoms with Crippen LogP contribution in [0, 0.1) is 6.92 Å². The van der Waals surface area contributed by atoms with Crippen molar-refractivity contribution in [3.63, 3.8) is 0 Å². The zero-order valence-corrected chi connectivity index (χ0v) is 10.7. The van der Waals surface area contributed by atoms with Crippen LogP contribution in [0.2, 0.25) is 0 Å². The minimum atomic E-state index is -0.157. The van der Waals surface area contributed by atoms with Gasteiger partial charge in [0.2, 0.25) is 11.7 Å². The second-order valence-corrected chi connectivity index (χ2v) is 5.15. The molecule has 0 amide bonds. The number of nitrogens with one attached hydrogen (secondary N) is 1. The van der Waals surface area contributed by atoms with Crippen molar-refractivity contribution in [3.05, 3.63) is 35.7 Å². The summed E-state index contributed by atoms with van der Waals surface area (Å²) in [6.45, 7) is 5.19. The average molecular weight is 243 g/mol. The summed E-state index contributed by atoms with van der Waals surface area (Å²) in [7, 11) is 0. The average Bonchev–Trinajstić information content (AvgIpc) is 2.99. The van der Waals surface area contributed by atoms with Crippen molar-refractivity contribution >= 4 is 0 Å². The third-order valence-corrected chi connectivity index (χ3v) is 3.58. The number of aryl methyl sites for hydroxylation is 1. The zero-order chi connectivity index (χ0) is 12.6. The second-order valence-electron chi connectivity index (χ2n) is 5.15.